The third-order valence-corrected chi connectivity index (χ3v) is 2.61. The summed E-state index contributed by atoms with van der Waals surface area (Å²) in [6.45, 7) is 3.64. The maximum atomic E-state index is 5.59. The van der Waals surface area contributed by atoms with Crippen molar-refractivity contribution in [1.29, 1.82) is 0 Å². The highest BCUT2D eigenvalue weighted by Crippen LogP contribution is 2.00. The molecular formula is C6H13ClSi. The van der Waals surface area contributed by atoms with Crippen LogP contribution in [0.1, 0.15) is 19.3 Å². The molecule has 0 saturated heterocycles. The lowest BCUT2D eigenvalue weighted by Gasteiger charge is -1.90. The van der Waals surface area contributed by atoms with Crippen molar-refractivity contribution in [3.8, 4) is 0 Å². The number of hydrogen-bond acceptors (Lipinski definition) is 0. The predicted octanol–water partition coefficient (Wildman–Crippen LogP) is 2.08. The van der Waals surface area contributed by atoms with Crippen molar-refractivity contribution in [2.45, 2.75) is 25.3 Å². The second kappa shape index (κ2) is 7.25. The molecule has 0 aliphatic heterocycles. The Bertz CT molecular complexity index is 54.5. The normalized spacial score (nSPS) is 10.6. The van der Waals surface area contributed by atoms with Crippen molar-refractivity contribution < 1.29 is 0 Å². The molecule has 8 heavy (non-hydrogen) atoms. The van der Waals surface area contributed by atoms with Crippen LogP contribution in [0.5, 0.6) is 0 Å². The Balaban J connectivity index is 2.62. The first-order valence-corrected chi connectivity index (χ1v) is 6.22. The van der Waals surface area contributed by atoms with Gasteiger partial charge in [0.25, 0.3) is 0 Å². The predicted molar refractivity (Wildman–Crippen MR) is 43.3 cm³/mol. The lowest BCUT2D eigenvalue weighted by atomic mass is 10.2. The van der Waals surface area contributed by atoms with Crippen molar-refractivity contribution in [3.63, 3.8) is 0 Å². The Labute approximate surface area is 58.5 Å². The van der Waals surface area contributed by atoms with Crippen LogP contribution < -0.4 is 0 Å². The van der Waals surface area contributed by atoms with Crippen LogP contribution in [0.3, 0.4) is 0 Å². The summed E-state index contributed by atoms with van der Waals surface area (Å²) in [6.07, 6.45) is 5.71. The van der Waals surface area contributed by atoms with Crippen molar-refractivity contribution in [1.82, 2.24) is 0 Å². The molecule has 0 N–H and O–H groups in total. The van der Waals surface area contributed by atoms with E-state index in [1.165, 1.54) is 18.9 Å². The summed E-state index contributed by atoms with van der Waals surface area (Å²) in [4.78, 5) is 0. The van der Waals surface area contributed by atoms with Crippen LogP contribution in [0.4, 0.5) is 0 Å². The summed E-state index contributed by atoms with van der Waals surface area (Å²) in [5, 5.41) is 0. The van der Waals surface area contributed by atoms with Gasteiger partial charge in [0, 0.05) is 0 Å². The van der Waals surface area contributed by atoms with E-state index in [0.29, 0.717) is 0 Å². The van der Waals surface area contributed by atoms with E-state index in [-0.39, 0.29) is 8.83 Å². The van der Waals surface area contributed by atoms with Gasteiger partial charge in [0.1, 0.15) is 8.83 Å². The number of hydrogen-bond donors (Lipinski definition) is 0. The zero-order chi connectivity index (χ0) is 6.24. The number of unbranched alkanes of at least 4 members (excludes halogenated alkanes) is 2. The first-order chi connectivity index (χ1) is 3.91. The second-order valence-electron chi connectivity index (χ2n) is 1.83. The molecule has 0 aromatic rings. The van der Waals surface area contributed by atoms with E-state index in [9.17, 15) is 0 Å². The second-order valence-corrected chi connectivity index (χ2v) is 4.05. The van der Waals surface area contributed by atoms with Gasteiger partial charge in [-0.15, -0.1) is 6.58 Å². The Morgan fingerprint density at radius 1 is 1.50 bits per heavy atom. The average Bonchev–Trinajstić information content (AvgIpc) is 1.81. The van der Waals surface area contributed by atoms with Gasteiger partial charge in [0.2, 0.25) is 0 Å². The first-order valence-electron chi connectivity index (χ1n) is 3.08. The fourth-order valence-corrected chi connectivity index (χ4v) is 1.67. The van der Waals surface area contributed by atoms with E-state index in [1.807, 2.05) is 6.08 Å². The molecule has 0 bridgehead atoms. The van der Waals surface area contributed by atoms with Crippen LogP contribution in [0.25, 0.3) is 0 Å². The Morgan fingerprint density at radius 3 is 2.75 bits per heavy atom. The highest BCUT2D eigenvalue weighted by atomic mass is 35.6. The van der Waals surface area contributed by atoms with Crippen molar-refractivity contribution in [3.05, 3.63) is 12.7 Å². The van der Waals surface area contributed by atoms with E-state index in [1.54, 1.807) is 0 Å². The van der Waals surface area contributed by atoms with E-state index in [2.05, 4.69) is 6.58 Å². The third kappa shape index (κ3) is 6.25. The van der Waals surface area contributed by atoms with Gasteiger partial charge in [-0.1, -0.05) is 18.9 Å². The molecule has 0 rings (SSSR count). The molecule has 0 amide bonds. The zero-order valence-corrected chi connectivity index (χ0v) is 7.37. The number of halogens is 1. The quantitative estimate of drug-likeness (QED) is 0.243. The van der Waals surface area contributed by atoms with Crippen LogP contribution in [0.15, 0.2) is 12.7 Å². The van der Waals surface area contributed by atoms with Crippen LogP contribution in [0.2, 0.25) is 6.04 Å². The van der Waals surface area contributed by atoms with Gasteiger partial charge in [-0.05, 0) is 12.5 Å². The summed E-state index contributed by atoms with van der Waals surface area (Å²) in [6, 6.07) is 1.29. The molecule has 0 aliphatic rings. The van der Waals surface area contributed by atoms with E-state index < -0.39 is 0 Å². The Morgan fingerprint density at radius 2 is 2.25 bits per heavy atom. The van der Waals surface area contributed by atoms with Crippen LogP contribution in [-0.2, 0) is 0 Å². The van der Waals surface area contributed by atoms with Crippen molar-refractivity contribution >= 4 is 19.9 Å². The maximum Gasteiger partial charge on any atom is 0.125 e. The Kier molecular flexibility index (Phi) is 7.47. The lowest BCUT2D eigenvalue weighted by molar-refractivity contribution is 0.814. The van der Waals surface area contributed by atoms with Crippen molar-refractivity contribution in [2.75, 3.05) is 0 Å². The topological polar surface area (TPSA) is 0 Å². The molecule has 0 aliphatic carbocycles. The standard InChI is InChI=1S/C6H13ClSi/c1-2-3-4-5-6-8-7/h2H,1,3-6,8H2. The van der Waals surface area contributed by atoms with Crippen LogP contribution >= 0.6 is 11.1 Å². The van der Waals surface area contributed by atoms with Gasteiger partial charge in [-0.2, -0.15) is 11.1 Å². The number of rotatable bonds is 5. The molecular weight excluding hydrogens is 136 g/mol. The summed E-state index contributed by atoms with van der Waals surface area (Å²) < 4.78 is 0. The maximum absolute atomic E-state index is 5.59. The summed E-state index contributed by atoms with van der Waals surface area (Å²) >= 11 is 5.59. The number of allylic oxidation sites excluding steroid dienone is 1. The largest absolute Gasteiger partial charge is 0.176 e. The van der Waals surface area contributed by atoms with Crippen molar-refractivity contribution in [2.24, 2.45) is 0 Å². The molecule has 0 atom stereocenters. The molecule has 0 heterocycles. The third-order valence-electron chi connectivity index (χ3n) is 1.04. The average molecular weight is 149 g/mol. The fraction of sp³-hybridized carbons (Fsp3) is 0.667. The summed E-state index contributed by atoms with van der Waals surface area (Å²) in [5.41, 5.74) is 0. The highest BCUT2D eigenvalue weighted by molar-refractivity contribution is 6.93. The fourth-order valence-electron chi connectivity index (χ4n) is 0.560. The molecule has 0 saturated carbocycles. The zero-order valence-electron chi connectivity index (χ0n) is 5.20. The SMILES string of the molecule is C=CCCCC[SiH2]Cl. The lowest BCUT2D eigenvalue weighted by Crippen LogP contribution is -1.77. The van der Waals surface area contributed by atoms with Crippen LogP contribution in [0, 0.1) is 0 Å². The summed E-state index contributed by atoms with van der Waals surface area (Å²) in [7, 11) is -0.176. The highest BCUT2D eigenvalue weighted by Gasteiger charge is 1.83. The van der Waals surface area contributed by atoms with E-state index >= 15 is 0 Å². The van der Waals surface area contributed by atoms with Gasteiger partial charge >= 0.3 is 0 Å². The Hall–Kier alpha value is 0.247. The minimum atomic E-state index is -0.176. The van der Waals surface area contributed by atoms with Gasteiger partial charge in [0.05, 0.1) is 0 Å². The van der Waals surface area contributed by atoms with Gasteiger partial charge in [-0.25, -0.2) is 0 Å². The van der Waals surface area contributed by atoms with E-state index in [4.69, 9.17) is 11.1 Å². The molecule has 0 aromatic heterocycles. The smallest absolute Gasteiger partial charge is 0.125 e. The molecule has 0 unspecified atom stereocenters. The van der Waals surface area contributed by atoms with Gasteiger partial charge in [-0.3, -0.25) is 0 Å². The monoisotopic (exact) mass is 148 g/mol. The molecule has 2 heteroatoms. The molecule has 0 nitrogen and oxygen atoms in total. The van der Waals surface area contributed by atoms with Crippen LogP contribution in [-0.4, -0.2) is 8.83 Å². The minimum absolute atomic E-state index is 0.176. The molecule has 0 radical (unpaired) electrons. The molecule has 0 spiro atoms. The first kappa shape index (κ1) is 8.25. The molecule has 0 fully saturated rings. The molecule has 0 aromatic carbocycles. The summed E-state index contributed by atoms with van der Waals surface area (Å²) in [5.74, 6) is 0. The molecule has 48 valence electrons. The van der Waals surface area contributed by atoms with E-state index in [0.717, 1.165) is 6.42 Å². The minimum Gasteiger partial charge on any atom is -0.176 e. The van der Waals surface area contributed by atoms with Gasteiger partial charge in [0.15, 0.2) is 0 Å². The van der Waals surface area contributed by atoms with Gasteiger partial charge < -0.3 is 0 Å².